The Balaban J connectivity index is 1.40. The summed E-state index contributed by atoms with van der Waals surface area (Å²) in [5.74, 6) is 0.665. The highest BCUT2D eigenvalue weighted by molar-refractivity contribution is 6.04. The van der Waals surface area contributed by atoms with E-state index in [0.29, 0.717) is 13.0 Å². The molecular formula is C23H26FN5O. The number of allylic oxidation sites excluding steroid dienone is 3. The molecule has 0 saturated heterocycles. The maximum atomic E-state index is 13.4. The van der Waals surface area contributed by atoms with Gasteiger partial charge in [0.05, 0.1) is 5.92 Å². The molecule has 30 heavy (non-hydrogen) atoms. The van der Waals surface area contributed by atoms with E-state index in [4.69, 9.17) is 10.1 Å². The lowest BCUT2D eigenvalue weighted by molar-refractivity contribution is 0.298. The molecule has 6 nitrogen and oxygen atoms in total. The molecule has 1 aromatic heterocycles. The molecular weight excluding hydrogens is 381 g/mol. The number of aromatic nitrogens is 2. The molecule has 0 spiro atoms. The van der Waals surface area contributed by atoms with Gasteiger partial charge in [-0.2, -0.15) is 5.10 Å². The summed E-state index contributed by atoms with van der Waals surface area (Å²) in [5, 5.41) is 23.1. The minimum Gasteiger partial charge on any atom is -0.396 e. The predicted molar refractivity (Wildman–Crippen MR) is 118 cm³/mol. The van der Waals surface area contributed by atoms with E-state index in [1.807, 2.05) is 24.3 Å². The molecule has 0 fully saturated rings. The van der Waals surface area contributed by atoms with Crippen LogP contribution in [0.15, 0.2) is 65.2 Å². The number of H-pyrrole nitrogens is 1. The Morgan fingerprint density at radius 3 is 3.00 bits per heavy atom. The third-order valence-electron chi connectivity index (χ3n) is 5.22. The number of rotatable bonds is 10. The minimum absolute atomic E-state index is 0.00964. The van der Waals surface area contributed by atoms with Crippen molar-refractivity contribution in [3.63, 3.8) is 0 Å². The highest BCUT2D eigenvalue weighted by atomic mass is 19.1. The van der Waals surface area contributed by atoms with E-state index in [1.54, 1.807) is 6.07 Å². The molecule has 156 valence electrons. The highest BCUT2D eigenvalue weighted by Crippen LogP contribution is 2.23. The molecule has 2 atom stereocenters. The lowest BCUT2D eigenvalue weighted by Gasteiger charge is -2.34. The summed E-state index contributed by atoms with van der Waals surface area (Å²) in [6.45, 7) is 1.54. The van der Waals surface area contributed by atoms with Crippen molar-refractivity contribution in [1.82, 2.24) is 15.5 Å². The first-order valence-electron chi connectivity index (χ1n) is 10.2. The molecule has 2 unspecified atom stereocenters. The first-order chi connectivity index (χ1) is 14.7. The first kappa shape index (κ1) is 20.3. The quantitative estimate of drug-likeness (QED) is 0.488. The van der Waals surface area contributed by atoms with Crippen LogP contribution >= 0.6 is 0 Å². The van der Waals surface area contributed by atoms with Crippen molar-refractivity contribution in [2.45, 2.75) is 19.0 Å². The van der Waals surface area contributed by atoms with Gasteiger partial charge in [-0.1, -0.05) is 36.4 Å². The topological polar surface area (TPSA) is 85.3 Å². The zero-order valence-corrected chi connectivity index (χ0v) is 16.7. The monoisotopic (exact) mass is 407 g/mol. The summed E-state index contributed by atoms with van der Waals surface area (Å²) in [5.41, 5.74) is 3.94. The van der Waals surface area contributed by atoms with E-state index in [1.165, 1.54) is 17.7 Å². The van der Waals surface area contributed by atoms with Gasteiger partial charge in [0.1, 0.15) is 17.8 Å². The average Bonchev–Trinajstić information content (AvgIpc) is 3.39. The second kappa shape index (κ2) is 9.65. The Labute approximate surface area is 175 Å². The van der Waals surface area contributed by atoms with Crippen LogP contribution in [0.1, 0.15) is 17.7 Å². The van der Waals surface area contributed by atoms with Gasteiger partial charge < -0.3 is 10.4 Å². The standard InChI is InChI=1S/C23H26FN5O/c24-18-7-3-6-16(12-18)8-9-21-20(15-25-22-13-19(10-11-30)28-29-22)23(27-21)26-14-17-4-1-2-5-17/h1,3-9,12-13,20,23,26,30H,2,10-11,14-15H2,(H2,25,28,29)/b9-8+. The fourth-order valence-corrected chi connectivity index (χ4v) is 3.56. The van der Waals surface area contributed by atoms with Crippen molar-refractivity contribution in [1.29, 1.82) is 0 Å². The number of aliphatic hydroxyl groups is 1. The van der Waals surface area contributed by atoms with Crippen molar-refractivity contribution < 1.29 is 9.50 Å². The molecule has 1 aliphatic carbocycles. The van der Waals surface area contributed by atoms with Gasteiger partial charge in [-0.15, -0.1) is 0 Å². The summed E-state index contributed by atoms with van der Waals surface area (Å²) >= 11 is 0. The molecule has 7 heteroatoms. The Morgan fingerprint density at radius 2 is 2.20 bits per heavy atom. The molecule has 2 heterocycles. The van der Waals surface area contributed by atoms with Crippen molar-refractivity contribution >= 4 is 17.6 Å². The van der Waals surface area contributed by atoms with Crippen LogP contribution in [-0.2, 0) is 6.42 Å². The van der Waals surface area contributed by atoms with Gasteiger partial charge in [0.2, 0.25) is 0 Å². The maximum Gasteiger partial charge on any atom is 0.148 e. The number of anilines is 1. The van der Waals surface area contributed by atoms with E-state index >= 15 is 0 Å². The summed E-state index contributed by atoms with van der Waals surface area (Å²) in [6, 6.07) is 8.42. The number of aromatic amines is 1. The molecule has 1 aliphatic heterocycles. The summed E-state index contributed by atoms with van der Waals surface area (Å²) in [7, 11) is 0. The molecule has 4 rings (SSSR count). The lowest BCUT2D eigenvalue weighted by Crippen LogP contribution is -2.49. The van der Waals surface area contributed by atoms with Crippen LogP contribution in [0.3, 0.4) is 0 Å². The van der Waals surface area contributed by atoms with E-state index in [9.17, 15) is 4.39 Å². The second-order valence-electron chi connectivity index (χ2n) is 7.42. The van der Waals surface area contributed by atoms with E-state index in [0.717, 1.165) is 35.8 Å². The fraction of sp³-hybridized carbons (Fsp3) is 0.304. The van der Waals surface area contributed by atoms with E-state index in [2.05, 4.69) is 39.1 Å². The highest BCUT2D eigenvalue weighted by Gasteiger charge is 2.33. The largest absolute Gasteiger partial charge is 0.396 e. The first-order valence-corrected chi connectivity index (χ1v) is 10.2. The minimum atomic E-state index is -0.249. The van der Waals surface area contributed by atoms with Crippen LogP contribution in [0.2, 0.25) is 0 Å². The average molecular weight is 407 g/mol. The summed E-state index contributed by atoms with van der Waals surface area (Å²) in [6.07, 6.45) is 11.9. The number of hydrogen-bond donors (Lipinski definition) is 4. The van der Waals surface area contributed by atoms with Crippen LogP contribution in [0.5, 0.6) is 0 Å². The zero-order chi connectivity index (χ0) is 20.8. The Bertz CT molecular complexity index is 991. The van der Waals surface area contributed by atoms with Crippen LogP contribution in [0.4, 0.5) is 10.2 Å². The molecule has 1 aromatic carbocycles. The Morgan fingerprint density at radius 1 is 1.27 bits per heavy atom. The third-order valence-corrected chi connectivity index (χ3v) is 5.22. The van der Waals surface area contributed by atoms with Crippen molar-refractivity contribution in [3.05, 3.63) is 77.3 Å². The van der Waals surface area contributed by atoms with Crippen LogP contribution < -0.4 is 10.6 Å². The van der Waals surface area contributed by atoms with Gasteiger partial charge >= 0.3 is 0 Å². The van der Waals surface area contributed by atoms with Gasteiger partial charge in [0.25, 0.3) is 0 Å². The van der Waals surface area contributed by atoms with Crippen molar-refractivity contribution in [2.75, 3.05) is 25.0 Å². The number of aliphatic imine (C=N–C) groups is 1. The van der Waals surface area contributed by atoms with E-state index < -0.39 is 0 Å². The van der Waals surface area contributed by atoms with Crippen LogP contribution in [0.25, 0.3) is 6.08 Å². The molecule has 4 N–H and O–H groups in total. The van der Waals surface area contributed by atoms with Gasteiger partial charge in [-0.05, 0) is 35.8 Å². The van der Waals surface area contributed by atoms with Gasteiger partial charge in [0.15, 0.2) is 0 Å². The molecule has 0 radical (unpaired) electrons. The zero-order valence-electron chi connectivity index (χ0n) is 16.7. The Kier molecular flexibility index (Phi) is 6.51. The number of halogens is 1. The number of nitrogens with zero attached hydrogens (tertiary/aromatic N) is 2. The number of aliphatic hydroxyl groups excluding tert-OH is 1. The SMILES string of the molecule is OCCc1cc(NCC2C(/C=C/c3cccc(F)c3)=NC2NCC2=CCC=C2)n[nH]1. The van der Waals surface area contributed by atoms with E-state index in [-0.39, 0.29) is 24.5 Å². The molecule has 2 aliphatic rings. The van der Waals surface area contributed by atoms with Crippen molar-refractivity contribution in [3.8, 4) is 0 Å². The summed E-state index contributed by atoms with van der Waals surface area (Å²) < 4.78 is 13.4. The molecule has 0 amide bonds. The third kappa shape index (κ3) is 5.11. The van der Waals surface area contributed by atoms with Crippen LogP contribution in [0, 0.1) is 11.7 Å². The normalized spacial score (nSPS) is 20.3. The fourth-order valence-electron chi connectivity index (χ4n) is 3.56. The number of hydrogen-bond acceptors (Lipinski definition) is 5. The maximum absolute atomic E-state index is 13.4. The lowest BCUT2D eigenvalue weighted by atomic mass is 9.92. The molecule has 0 saturated carbocycles. The number of benzene rings is 1. The van der Waals surface area contributed by atoms with Gasteiger partial charge in [-0.3, -0.25) is 15.4 Å². The predicted octanol–water partition coefficient (Wildman–Crippen LogP) is 3.08. The number of nitrogens with one attached hydrogen (secondary N) is 3. The van der Waals surface area contributed by atoms with Crippen LogP contribution in [-0.4, -0.2) is 46.9 Å². The smallest absolute Gasteiger partial charge is 0.148 e. The Hall–Kier alpha value is -3.03. The summed E-state index contributed by atoms with van der Waals surface area (Å²) in [4.78, 5) is 4.72. The molecule has 2 aromatic rings. The van der Waals surface area contributed by atoms with Gasteiger partial charge in [0, 0.05) is 43.6 Å². The van der Waals surface area contributed by atoms with Gasteiger partial charge in [-0.25, -0.2) is 4.39 Å². The molecule has 0 bridgehead atoms. The second-order valence-corrected chi connectivity index (χ2v) is 7.42. The van der Waals surface area contributed by atoms with Crippen molar-refractivity contribution in [2.24, 2.45) is 10.9 Å².